The van der Waals surface area contributed by atoms with Crippen molar-refractivity contribution in [2.45, 2.75) is 12.5 Å². The molecule has 3 rings (SSSR count). The Hall–Kier alpha value is -2.89. The minimum atomic E-state index is -1.03. The highest BCUT2D eigenvalue weighted by Crippen LogP contribution is 2.39. The summed E-state index contributed by atoms with van der Waals surface area (Å²) in [4.78, 5) is 24.8. The molecule has 0 saturated carbocycles. The van der Waals surface area contributed by atoms with Gasteiger partial charge in [-0.1, -0.05) is 30.3 Å². The SMILES string of the molecule is O=C(O)CCN1C(=O)C(c2ccccc2)Oc2ccc(F)cc21. The van der Waals surface area contributed by atoms with E-state index in [1.165, 1.54) is 23.1 Å². The maximum absolute atomic E-state index is 13.5. The fourth-order valence-corrected chi connectivity index (χ4v) is 2.52. The molecule has 2 aromatic carbocycles. The number of aliphatic carboxylic acids is 1. The fourth-order valence-electron chi connectivity index (χ4n) is 2.52. The van der Waals surface area contributed by atoms with Gasteiger partial charge in [-0.15, -0.1) is 0 Å². The second kappa shape index (κ2) is 6.08. The highest BCUT2D eigenvalue weighted by atomic mass is 19.1. The number of amides is 1. The molecule has 0 spiro atoms. The van der Waals surface area contributed by atoms with Gasteiger partial charge in [0.25, 0.3) is 5.91 Å². The van der Waals surface area contributed by atoms with E-state index >= 15 is 0 Å². The van der Waals surface area contributed by atoms with Crippen molar-refractivity contribution in [1.82, 2.24) is 0 Å². The van der Waals surface area contributed by atoms with Crippen LogP contribution in [-0.2, 0) is 9.59 Å². The zero-order chi connectivity index (χ0) is 16.4. The fraction of sp³-hybridized carbons (Fsp3) is 0.176. The van der Waals surface area contributed by atoms with Crippen LogP contribution in [0.4, 0.5) is 10.1 Å². The van der Waals surface area contributed by atoms with Gasteiger partial charge in [-0.25, -0.2) is 4.39 Å². The van der Waals surface area contributed by atoms with Crippen molar-refractivity contribution in [2.75, 3.05) is 11.4 Å². The van der Waals surface area contributed by atoms with Crippen molar-refractivity contribution >= 4 is 17.6 Å². The lowest BCUT2D eigenvalue weighted by Crippen LogP contribution is -2.42. The standard InChI is InChI=1S/C17H14FNO4/c18-12-6-7-14-13(10-12)19(9-8-15(20)21)17(22)16(23-14)11-4-2-1-3-5-11/h1-7,10,16H,8-9H2,(H,20,21). The number of fused-ring (bicyclic) bond motifs is 1. The third-order valence-corrected chi connectivity index (χ3v) is 3.60. The first kappa shape index (κ1) is 15.0. The minimum Gasteiger partial charge on any atom is -0.481 e. The molecule has 1 amide bonds. The average Bonchev–Trinajstić information content (AvgIpc) is 2.54. The van der Waals surface area contributed by atoms with Gasteiger partial charge in [-0.2, -0.15) is 0 Å². The summed E-state index contributed by atoms with van der Waals surface area (Å²) in [5.74, 6) is -1.60. The Morgan fingerprint density at radius 3 is 2.65 bits per heavy atom. The summed E-state index contributed by atoms with van der Waals surface area (Å²) in [6.07, 6.45) is -1.11. The molecule has 5 nitrogen and oxygen atoms in total. The smallest absolute Gasteiger partial charge is 0.305 e. The first-order chi connectivity index (χ1) is 11.1. The molecule has 0 aromatic heterocycles. The Kier molecular flexibility index (Phi) is 3.97. The van der Waals surface area contributed by atoms with Crippen molar-refractivity contribution in [3.8, 4) is 5.75 Å². The molecule has 1 N–H and O–H groups in total. The highest BCUT2D eigenvalue weighted by Gasteiger charge is 2.35. The molecule has 118 valence electrons. The van der Waals surface area contributed by atoms with Gasteiger partial charge in [0, 0.05) is 18.2 Å². The molecule has 1 aliphatic rings. The summed E-state index contributed by atoms with van der Waals surface area (Å²) in [5, 5.41) is 8.87. The molecule has 1 unspecified atom stereocenters. The largest absolute Gasteiger partial charge is 0.481 e. The number of carbonyl (C=O) groups excluding carboxylic acids is 1. The van der Waals surface area contributed by atoms with Crippen molar-refractivity contribution in [2.24, 2.45) is 0 Å². The maximum Gasteiger partial charge on any atom is 0.305 e. The van der Waals surface area contributed by atoms with Crippen LogP contribution < -0.4 is 9.64 Å². The number of rotatable bonds is 4. The summed E-state index contributed by atoms with van der Waals surface area (Å²) in [6.45, 7) is -0.0443. The summed E-state index contributed by atoms with van der Waals surface area (Å²) < 4.78 is 19.2. The number of benzene rings is 2. The van der Waals surface area contributed by atoms with E-state index in [0.29, 0.717) is 11.3 Å². The quantitative estimate of drug-likeness (QED) is 0.942. The van der Waals surface area contributed by atoms with Crippen molar-refractivity contribution < 1.29 is 23.8 Å². The molecule has 1 atom stereocenters. The van der Waals surface area contributed by atoms with Crippen LogP contribution in [0.5, 0.6) is 5.75 Å². The van der Waals surface area contributed by atoms with E-state index in [4.69, 9.17) is 9.84 Å². The van der Waals surface area contributed by atoms with Crippen LogP contribution in [0.15, 0.2) is 48.5 Å². The number of carboxylic acid groups (broad SMARTS) is 1. The van der Waals surface area contributed by atoms with Gasteiger partial charge in [0.1, 0.15) is 11.6 Å². The molecular formula is C17H14FNO4. The van der Waals surface area contributed by atoms with Crippen molar-refractivity contribution in [1.29, 1.82) is 0 Å². The van der Waals surface area contributed by atoms with Crippen LogP contribution in [0.1, 0.15) is 18.1 Å². The van der Waals surface area contributed by atoms with Gasteiger partial charge in [0.2, 0.25) is 6.10 Å². The van der Waals surface area contributed by atoms with E-state index in [0.717, 1.165) is 0 Å². The number of halogens is 1. The summed E-state index contributed by atoms with van der Waals surface area (Å²) in [6, 6.07) is 12.8. The number of carboxylic acids is 1. The molecule has 2 aromatic rings. The van der Waals surface area contributed by atoms with Crippen LogP contribution >= 0.6 is 0 Å². The number of hydrogen-bond donors (Lipinski definition) is 1. The summed E-state index contributed by atoms with van der Waals surface area (Å²) >= 11 is 0. The van der Waals surface area contributed by atoms with Gasteiger partial charge in [0.15, 0.2) is 0 Å². The molecule has 0 saturated heterocycles. The van der Waals surface area contributed by atoms with Crippen LogP contribution in [0.25, 0.3) is 0 Å². The normalized spacial score (nSPS) is 16.7. The van der Waals surface area contributed by atoms with Crippen LogP contribution in [0.3, 0.4) is 0 Å². The van der Waals surface area contributed by atoms with Crippen LogP contribution in [0, 0.1) is 5.82 Å². The van der Waals surface area contributed by atoms with E-state index in [1.807, 2.05) is 6.07 Å². The minimum absolute atomic E-state index is 0.0443. The predicted octanol–water partition coefficient (Wildman–Crippen LogP) is 2.77. The lowest BCUT2D eigenvalue weighted by atomic mass is 10.1. The molecular weight excluding hydrogens is 301 g/mol. The topological polar surface area (TPSA) is 66.8 Å². The predicted molar refractivity (Wildman–Crippen MR) is 80.8 cm³/mol. The van der Waals surface area contributed by atoms with E-state index < -0.39 is 23.8 Å². The number of nitrogens with zero attached hydrogens (tertiary/aromatic N) is 1. The third kappa shape index (κ3) is 3.01. The van der Waals surface area contributed by atoms with Crippen LogP contribution in [0.2, 0.25) is 0 Å². The lowest BCUT2D eigenvalue weighted by Gasteiger charge is -2.34. The first-order valence-corrected chi connectivity index (χ1v) is 7.10. The number of carbonyl (C=O) groups is 2. The zero-order valence-corrected chi connectivity index (χ0v) is 12.1. The van der Waals surface area contributed by atoms with Gasteiger partial charge in [0.05, 0.1) is 12.1 Å². The number of ether oxygens (including phenoxy) is 1. The molecule has 1 aliphatic heterocycles. The monoisotopic (exact) mass is 315 g/mol. The van der Waals surface area contributed by atoms with E-state index in [2.05, 4.69) is 0 Å². The van der Waals surface area contributed by atoms with E-state index in [1.54, 1.807) is 24.3 Å². The van der Waals surface area contributed by atoms with Gasteiger partial charge >= 0.3 is 5.97 Å². The van der Waals surface area contributed by atoms with Crippen molar-refractivity contribution in [3.63, 3.8) is 0 Å². The van der Waals surface area contributed by atoms with Crippen molar-refractivity contribution in [3.05, 3.63) is 59.9 Å². The zero-order valence-electron chi connectivity index (χ0n) is 12.1. The van der Waals surface area contributed by atoms with E-state index in [9.17, 15) is 14.0 Å². The van der Waals surface area contributed by atoms with E-state index in [-0.39, 0.29) is 18.7 Å². The Morgan fingerprint density at radius 1 is 1.22 bits per heavy atom. The number of hydrogen-bond acceptors (Lipinski definition) is 3. The molecule has 0 radical (unpaired) electrons. The second-order valence-electron chi connectivity index (χ2n) is 5.15. The summed E-state index contributed by atoms with van der Waals surface area (Å²) in [7, 11) is 0. The molecule has 1 heterocycles. The Labute approximate surface area is 131 Å². The maximum atomic E-state index is 13.5. The summed E-state index contributed by atoms with van der Waals surface area (Å²) in [5.41, 5.74) is 0.913. The molecule has 0 bridgehead atoms. The van der Waals surface area contributed by atoms with Gasteiger partial charge < -0.3 is 14.7 Å². The third-order valence-electron chi connectivity index (χ3n) is 3.60. The Bertz CT molecular complexity index is 748. The molecule has 0 aliphatic carbocycles. The second-order valence-corrected chi connectivity index (χ2v) is 5.15. The number of anilines is 1. The molecule has 23 heavy (non-hydrogen) atoms. The first-order valence-electron chi connectivity index (χ1n) is 7.10. The molecule has 6 heteroatoms. The molecule has 0 fully saturated rings. The van der Waals surface area contributed by atoms with Gasteiger partial charge in [-0.05, 0) is 12.1 Å². The average molecular weight is 315 g/mol. The van der Waals surface area contributed by atoms with Gasteiger partial charge in [-0.3, -0.25) is 9.59 Å². The van der Waals surface area contributed by atoms with Crippen LogP contribution in [-0.4, -0.2) is 23.5 Å². The lowest BCUT2D eigenvalue weighted by molar-refractivity contribution is -0.136. The highest BCUT2D eigenvalue weighted by molar-refractivity contribution is 6.00. The Balaban J connectivity index is 2.00. The Morgan fingerprint density at radius 2 is 1.96 bits per heavy atom.